The number of aryl methyl sites for hydroxylation is 1. The Morgan fingerprint density at radius 3 is 2.34 bits per heavy atom. The summed E-state index contributed by atoms with van der Waals surface area (Å²) in [5.41, 5.74) is 3.56. The first-order valence-electron chi connectivity index (χ1n) is 11.8. The summed E-state index contributed by atoms with van der Waals surface area (Å²) in [5.74, 6) is 0.00691. The van der Waals surface area contributed by atoms with Crippen LogP contribution >= 0.6 is 0 Å². The van der Waals surface area contributed by atoms with Crippen molar-refractivity contribution in [2.75, 3.05) is 11.4 Å². The van der Waals surface area contributed by atoms with E-state index in [-0.39, 0.29) is 23.8 Å². The highest BCUT2D eigenvalue weighted by Crippen LogP contribution is 2.34. The molecule has 3 heterocycles. The summed E-state index contributed by atoms with van der Waals surface area (Å²) in [6.45, 7) is 0.629. The van der Waals surface area contributed by atoms with E-state index in [0.717, 1.165) is 41.0 Å². The highest BCUT2D eigenvalue weighted by molar-refractivity contribution is 6.34. The lowest BCUT2D eigenvalue weighted by atomic mass is 9.99. The minimum absolute atomic E-state index is 0.125. The van der Waals surface area contributed by atoms with Crippen LogP contribution in [0.15, 0.2) is 72.8 Å². The standard InChI is InChI=1S/C28H24N4O3/c1-30-23-14-5-4-13-22(23)29-25(30)24-15-6-7-16-31(24)26(33)18-9-8-10-19(17-18)32-27(34)20-11-2-3-12-21(20)28(32)35/h2-5,8-14,17,24H,6-7,15-16H2,1H3. The van der Waals surface area contributed by atoms with E-state index in [2.05, 4.69) is 4.57 Å². The number of anilines is 1. The normalized spacial score (nSPS) is 17.8. The second-order valence-corrected chi connectivity index (χ2v) is 9.07. The van der Waals surface area contributed by atoms with Crippen LogP contribution in [0.4, 0.5) is 5.69 Å². The van der Waals surface area contributed by atoms with E-state index >= 15 is 0 Å². The molecule has 0 radical (unpaired) electrons. The van der Waals surface area contributed by atoms with Gasteiger partial charge in [0.2, 0.25) is 0 Å². The third-order valence-corrected chi connectivity index (χ3v) is 7.03. The lowest BCUT2D eigenvalue weighted by Gasteiger charge is -2.35. The Morgan fingerprint density at radius 2 is 1.60 bits per heavy atom. The topological polar surface area (TPSA) is 75.5 Å². The highest BCUT2D eigenvalue weighted by Gasteiger charge is 2.37. The number of likely N-dealkylation sites (tertiary alicyclic amines) is 1. The average Bonchev–Trinajstić information content (AvgIpc) is 3.37. The highest BCUT2D eigenvalue weighted by atomic mass is 16.2. The fourth-order valence-corrected chi connectivity index (χ4v) is 5.27. The van der Waals surface area contributed by atoms with Crippen molar-refractivity contribution in [1.82, 2.24) is 14.5 Å². The molecule has 35 heavy (non-hydrogen) atoms. The van der Waals surface area contributed by atoms with Crippen molar-refractivity contribution in [3.8, 4) is 0 Å². The Kier molecular flexibility index (Phi) is 4.99. The lowest BCUT2D eigenvalue weighted by molar-refractivity contribution is 0.0596. The Morgan fingerprint density at radius 1 is 0.886 bits per heavy atom. The number of fused-ring (bicyclic) bond motifs is 2. The minimum atomic E-state index is -0.370. The molecule has 0 saturated carbocycles. The zero-order valence-electron chi connectivity index (χ0n) is 19.3. The molecule has 3 amide bonds. The molecule has 4 aromatic rings. The molecular weight excluding hydrogens is 440 g/mol. The van der Waals surface area contributed by atoms with Crippen LogP contribution in [-0.4, -0.2) is 38.7 Å². The quantitative estimate of drug-likeness (QED) is 0.411. The number of piperidine rings is 1. The zero-order chi connectivity index (χ0) is 24.1. The van der Waals surface area contributed by atoms with Crippen LogP contribution in [0.5, 0.6) is 0 Å². The number of nitrogens with zero attached hydrogens (tertiary/aromatic N) is 4. The van der Waals surface area contributed by atoms with E-state index in [0.29, 0.717) is 28.9 Å². The first-order valence-corrected chi connectivity index (χ1v) is 11.8. The van der Waals surface area contributed by atoms with Crippen LogP contribution in [0.2, 0.25) is 0 Å². The minimum Gasteiger partial charge on any atom is -0.329 e. The van der Waals surface area contributed by atoms with Gasteiger partial charge in [-0.2, -0.15) is 0 Å². The van der Waals surface area contributed by atoms with Gasteiger partial charge in [0.25, 0.3) is 17.7 Å². The van der Waals surface area contributed by atoms with Gasteiger partial charge in [0, 0.05) is 19.2 Å². The SMILES string of the molecule is Cn1c(C2CCCCN2C(=O)c2cccc(N3C(=O)c4ccccc4C3=O)c2)nc2ccccc21. The molecule has 0 aliphatic carbocycles. The van der Waals surface area contributed by atoms with Crippen molar-refractivity contribution in [2.24, 2.45) is 7.05 Å². The fraction of sp³-hybridized carbons (Fsp3) is 0.214. The second kappa shape index (κ2) is 8.20. The largest absolute Gasteiger partial charge is 0.329 e. The van der Waals surface area contributed by atoms with Crippen molar-refractivity contribution in [1.29, 1.82) is 0 Å². The maximum Gasteiger partial charge on any atom is 0.266 e. The van der Waals surface area contributed by atoms with E-state index in [1.165, 1.54) is 0 Å². The second-order valence-electron chi connectivity index (χ2n) is 9.07. The van der Waals surface area contributed by atoms with Crippen LogP contribution in [0.3, 0.4) is 0 Å². The smallest absolute Gasteiger partial charge is 0.266 e. The molecule has 1 atom stereocenters. The summed E-state index contributed by atoms with van der Waals surface area (Å²) < 4.78 is 2.07. The number of rotatable bonds is 3. The first-order chi connectivity index (χ1) is 17.0. The van der Waals surface area contributed by atoms with Gasteiger partial charge in [-0.05, 0) is 61.7 Å². The third-order valence-electron chi connectivity index (χ3n) is 7.03. The zero-order valence-corrected chi connectivity index (χ0v) is 19.3. The molecule has 0 bridgehead atoms. The molecule has 1 aromatic heterocycles. The van der Waals surface area contributed by atoms with Crippen molar-refractivity contribution < 1.29 is 14.4 Å². The maximum absolute atomic E-state index is 13.8. The van der Waals surface area contributed by atoms with Gasteiger partial charge >= 0.3 is 0 Å². The Balaban J connectivity index is 1.34. The molecule has 0 spiro atoms. The number of benzene rings is 3. The van der Waals surface area contributed by atoms with Crippen LogP contribution in [-0.2, 0) is 7.05 Å². The van der Waals surface area contributed by atoms with E-state index in [9.17, 15) is 14.4 Å². The third kappa shape index (κ3) is 3.34. The molecule has 3 aromatic carbocycles. The summed E-state index contributed by atoms with van der Waals surface area (Å²) in [4.78, 5) is 47.5. The van der Waals surface area contributed by atoms with Crippen molar-refractivity contribution in [2.45, 2.75) is 25.3 Å². The first kappa shape index (κ1) is 21.3. The average molecular weight is 465 g/mol. The molecule has 7 nitrogen and oxygen atoms in total. The van der Waals surface area contributed by atoms with E-state index in [4.69, 9.17) is 4.98 Å². The van der Waals surface area contributed by atoms with Gasteiger partial charge in [0.15, 0.2) is 0 Å². The van der Waals surface area contributed by atoms with Gasteiger partial charge in [0.05, 0.1) is 33.9 Å². The van der Waals surface area contributed by atoms with Gasteiger partial charge < -0.3 is 9.47 Å². The molecule has 2 aliphatic heterocycles. The van der Waals surface area contributed by atoms with Gasteiger partial charge in [-0.1, -0.05) is 30.3 Å². The number of carbonyl (C=O) groups is 3. The lowest BCUT2D eigenvalue weighted by Crippen LogP contribution is -2.39. The number of carbonyl (C=O) groups excluding carboxylic acids is 3. The van der Waals surface area contributed by atoms with Crippen LogP contribution < -0.4 is 4.90 Å². The molecular formula is C28H24N4O3. The molecule has 7 heteroatoms. The number of amides is 3. The Labute approximate surface area is 202 Å². The molecule has 1 unspecified atom stereocenters. The molecule has 2 aliphatic rings. The Bertz CT molecular complexity index is 1470. The summed E-state index contributed by atoms with van der Waals surface area (Å²) >= 11 is 0. The van der Waals surface area contributed by atoms with Crippen LogP contribution in [0.1, 0.15) is 62.2 Å². The number of aromatic nitrogens is 2. The number of para-hydroxylation sites is 2. The number of hydrogen-bond acceptors (Lipinski definition) is 4. The summed E-state index contributed by atoms with van der Waals surface area (Å²) in [5, 5.41) is 0. The van der Waals surface area contributed by atoms with Crippen LogP contribution in [0, 0.1) is 0 Å². The van der Waals surface area contributed by atoms with Crippen molar-refractivity contribution >= 4 is 34.4 Å². The summed E-state index contributed by atoms with van der Waals surface area (Å²) in [7, 11) is 1.99. The molecule has 1 fully saturated rings. The van der Waals surface area contributed by atoms with E-state index in [1.807, 2.05) is 36.2 Å². The van der Waals surface area contributed by atoms with Crippen LogP contribution in [0.25, 0.3) is 11.0 Å². The predicted octanol–water partition coefficient (Wildman–Crippen LogP) is 4.74. The molecule has 6 rings (SSSR count). The summed E-state index contributed by atoms with van der Waals surface area (Å²) in [6, 6.07) is 21.4. The maximum atomic E-state index is 13.8. The number of imidazole rings is 1. The van der Waals surface area contributed by atoms with E-state index in [1.54, 1.807) is 48.5 Å². The van der Waals surface area contributed by atoms with Gasteiger partial charge in [-0.25, -0.2) is 9.88 Å². The molecule has 0 N–H and O–H groups in total. The number of hydrogen-bond donors (Lipinski definition) is 0. The van der Waals surface area contributed by atoms with Gasteiger partial charge in [-0.3, -0.25) is 14.4 Å². The monoisotopic (exact) mass is 464 g/mol. The summed E-state index contributed by atoms with van der Waals surface area (Å²) in [6.07, 6.45) is 2.78. The van der Waals surface area contributed by atoms with Gasteiger partial charge in [0.1, 0.15) is 5.82 Å². The number of imide groups is 1. The Hall–Kier alpha value is -4.26. The fourth-order valence-electron chi connectivity index (χ4n) is 5.27. The van der Waals surface area contributed by atoms with E-state index < -0.39 is 0 Å². The molecule has 1 saturated heterocycles. The predicted molar refractivity (Wildman–Crippen MR) is 132 cm³/mol. The van der Waals surface area contributed by atoms with Crippen molar-refractivity contribution in [3.63, 3.8) is 0 Å². The van der Waals surface area contributed by atoms with Gasteiger partial charge in [-0.15, -0.1) is 0 Å². The molecule has 174 valence electrons. The van der Waals surface area contributed by atoms with Crippen molar-refractivity contribution in [3.05, 3.63) is 95.3 Å².